The minimum Gasteiger partial charge on any atom is -0.390 e. The molecule has 31 heavy (non-hydrogen) atoms. The Kier molecular flexibility index (Phi) is 5.87. The zero-order valence-electron chi connectivity index (χ0n) is 18.1. The molecule has 2 heterocycles. The van der Waals surface area contributed by atoms with Gasteiger partial charge in [0.25, 0.3) is 0 Å². The van der Waals surface area contributed by atoms with E-state index in [-0.39, 0.29) is 29.7 Å². The zero-order chi connectivity index (χ0) is 22.4. The normalized spacial score (nSPS) is 17.9. The number of aryl methyl sites for hydroxylation is 1. The Hall–Kier alpha value is -1.96. The summed E-state index contributed by atoms with van der Waals surface area (Å²) in [5, 5.41) is 9.76. The van der Waals surface area contributed by atoms with Gasteiger partial charge in [0.2, 0.25) is 0 Å². The van der Waals surface area contributed by atoms with Crippen LogP contribution in [0.1, 0.15) is 101 Å². The fourth-order valence-electron chi connectivity index (χ4n) is 4.40. The summed E-state index contributed by atoms with van der Waals surface area (Å²) >= 11 is 0. The summed E-state index contributed by atoms with van der Waals surface area (Å²) in [7, 11) is 0. The number of halogens is 3. The quantitative estimate of drug-likeness (QED) is 0.527. The summed E-state index contributed by atoms with van der Waals surface area (Å²) < 4.78 is 43.0. The van der Waals surface area contributed by atoms with Gasteiger partial charge in [0.1, 0.15) is 17.1 Å². The second kappa shape index (κ2) is 8.19. The number of nitrogens with zero attached hydrogens (tertiary/aromatic N) is 3. The van der Waals surface area contributed by atoms with Gasteiger partial charge < -0.3 is 9.67 Å². The number of aliphatic hydroxyl groups is 1. The number of ketones is 1. The molecular formula is C23H30F3N3O2. The van der Waals surface area contributed by atoms with Crippen LogP contribution in [0.15, 0.2) is 6.07 Å². The molecule has 1 N–H and O–H groups in total. The maximum atomic E-state index is 13.7. The molecule has 0 bridgehead atoms. The van der Waals surface area contributed by atoms with E-state index in [9.17, 15) is 23.1 Å². The molecule has 2 aromatic heterocycles. The van der Waals surface area contributed by atoms with Crippen LogP contribution in [-0.4, -0.2) is 31.0 Å². The van der Waals surface area contributed by atoms with Crippen molar-refractivity contribution in [1.82, 2.24) is 14.5 Å². The first-order chi connectivity index (χ1) is 14.5. The number of Topliss-reactive ketones (excluding diaryl/α,β-unsaturated/α-hetero) is 1. The van der Waals surface area contributed by atoms with Crippen molar-refractivity contribution in [2.24, 2.45) is 0 Å². The summed E-state index contributed by atoms with van der Waals surface area (Å²) in [5.74, 6) is 0.724. The number of imidazole rings is 1. The Labute approximate surface area is 180 Å². The van der Waals surface area contributed by atoms with Crippen molar-refractivity contribution in [2.75, 3.05) is 0 Å². The number of unbranched alkanes of at least 4 members (excludes halogenated alkanes) is 1. The van der Waals surface area contributed by atoms with Crippen LogP contribution >= 0.6 is 0 Å². The van der Waals surface area contributed by atoms with Crippen LogP contribution in [0.3, 0.4) is 0 Å². The molecule has 0 spiro atoms. The molecule has 0 aromatic carbocycles. The SMILES string of the molecule is CC(C)(O)CC(=O)CCCCc1nc2cc(C3CC3)c(C(F)(F)F)nc2n1C1CCC1. The number of hydrogen-bond acceptors (Lipinski definition) is 4. The van der Waals surface area contributed by atoms with Crippen molar-refractivity contribution in [2.45, 2.75) is 102 Å². The number of pyridine rings is 1. The van der Waals surface area contributed by atoms with Gasteiger partial charge in [0.15, 0.2) is 11.3 Å². The van der Waals surface area contributed by atoms with Gasteiger partial charge in [-0.15, -0.1) is 0 Å². The largest absolute Gasteiger partial charge is 0.433 e. The predicted octanol–water partition coefficient (Wildman–Crippen LogP) is 5.50. The number of carbonyl (C=O) groups excluding carboxylic acids is 1. The van der Waals surface area contributed by atoms with Crippen LogP contribution < -0.4 is 0 Å². The summed E-state index contributed by atoms with van der Waals surface area (Å²) in [5.41, 5.74) is -0.589. The van der Waals surface area contributed by atoms with Gasteiger partial charge in [0, 0.05) is 25.3 Å². The van der Waals surface area contributed by atoms with E-state index in [1.807, 2.05) is 4.57 Å². The molecule has 4 rings (SSSR count). The predicted molar refractivity (Wildman–Crippen MR) is 111 cm³/mol. The second-order valence-electron chi connectivity index (χ2n) is 9.76. The first kappa shape index (κ1) is 22.2. The fraction of sp³-hybridized carbons (Fsp3) is 0.696. The van der Waals surface area contributed by atoms with E-state index in [0.29, 0.717) is 30.4 Å². The van der Waals surface area contributed by atoms with Gasteiger partial charge >= 0.3 is 6.18 Å². The monoisotopic (exact) mass is 437 g/mol. The van der Waals surface area contributed by atoms with Gasteiger partial charge in [-0.25, -0.2) is 9.97 Å². The third-order valence-corrected chi connectivity index (χ3v) is 6.23. The van der Waals surface area contributed by atoms with Crippen molar-refractivity contribution >= 4 is 16.9 Å². The molecule has 5 nitrogen and oxygen atoms in total. The van der Waals surface area contributed by atoms with E-state index < -0.39 is 17.5 Å². The van der Waals surface area contributed by atoms with Crippen molar-refractivity contribution < 1.29 is 23.1 Å². The first-order valence-corrected chi connectivity index (χ1v) is 11.3. The molecule has 0 unspecified atom stereocenters. The van der Waals surface area contributed by atoms with Gasteiger partial charge in [0.05, 0.1) is 5.60 Å². The molecule has 0 saturated heterocycles. The van der Waals surface area contributed by atoms with E-state index in [1.54, 1.807) is 19.9 Å². The molecule has 2 aliphatic carbocycles. The highest BCUT2D eigenvalue weighted by atomic mass is 19.4. The molecule has 0 atom stereocenters. The Morgan fingerprint density at radius 2 is 1.87 bits per heavy atom. The maximum absolute atomic E-state index is 13.7. The van der Waals surface area contributed by atoms with Gasteiger partial charge in [-0.1, -0.05) is 0 Å². The third-order valence-electron chi connectivity index (χ3n) is 6.23. The van der Waals surface area contributed by atoms with Crippen LogP contribution in [0.2, 0.25) is 0 Å². The lowest BCUT2D eigenvalue weighted by Gasteiger charge is -2.29. The molecule has 170 valence electrons. The first-order valence-electron chi connectivity index (χ1n) is 11.3. The average molecular weight is 438 g/mol. The number of alkyl halides is 3. The Balaban J connectivity index is 1.56. The van der Waals surface area contributed by atoms with Gasteiger partial charge in [-0.3, -0.25) is 4.79 Å². The molecular weight excluding hydrogens is 407 g/mol. The molecule has 2 fully saturated rings. The van der Waals surface area contributed by atoms with Crippen LogP contribution in [0.4, 0.5) is 13.2 Å². The summed E-state index contributed by atoms with van der Waals surface area (Å²) in [6.45, 7) is 3.23. The van der Waals surface area contributed by atoms with Crippen molar-refractivity contribution in [3.05, 3.63) is 23.1 Å². The maximum Gasteiger partial charge on any atom is 0.433 e. The molecule has 0 radical (unpaired) electrons. The second-order valence-corrected chi connectivity index (χ2v) is 9.76. The smallest absolute Gasteiger partial charge is 0.390 e. The van der Waals surface area contributed by atoms with Crippen LogP contribution in [0.5, 0.6) is 0 Å². The molecule has 2 aliphatic rings. The molecule has 8 heteroatoms. The van der Waals surface area contributed by atoms with E-state index in [4.69, 9.17) is 4.98 Å². The molecule has 2 aromatic rings. The van der Waals surface area contributed by atoms with Crippen LogP contribution in [0.25, 0.3) is 11.2 Å². The van der Waals surface area contributed by atoms with Crippen LogP contribution in [0, 0.1) is 0 Å². The summed E-state index contributed by atoms with van der Waals surface area (Å²) in [6, 6.07) is 1.76. The topological polar surface area (TPSA) is 68.0 Å². The number of carbonyl (C=O) groups is 1. The van der Waals surface area contributed by atoms with Crippen molar-refractivity contribution in [3.8, 4) is 0 Å². The van der Waals surface area contributed by atoms with E-state index in [1.165, 1.54) is 0 Å². The van der Waals surface area contributed by atoms with Gasteiger partial charge in [-0.2, -0.15) is 13.2 Å². The highest BCUT2D eigenvalue weighted by Crippen LogP contribution is 2.46. The van der Waals surface area contributed by atoms with E-state index in [0.717, 1.165) is 44.3 Å². The lowest BCUT2D eigenvalue weighted by Crippen LogP contribution is -2.23. The third kappa shape index (κ3) is 5.10. The summed E-state index contributed by atoms with van der Waals surface area (Å²) in [4.78, 5) is 20.8. The fourth-order valence-corrected chi connectivity index (χ4v) is 4.40. The Morgan fingerprint density at radius 1 is 1.16 bits per heavy atom. The lowest BCUT2D eigenvalue weighted by atomic mass is 9.92. The van der Waals surface area contributed by atoms with Gasteiger partial charge in [-0.05, 0) is 76.3 Å². The van der Waals surface area contributed by atoms with Crippen LogP contribution in [-0.2, 0) is 17.4 Å². The van der Waals surface area contributed by atoms with E-state index in [2.05, 4.69) is 4.98 Å². The lowest BCUT2D eigenvalue weighted by molar-refractivity contribution is -0.141. The van der Waals surface area contributed by atoms with Crippen molar-refractivity contribution in [1.29, 1.82) is 0 Å². The number of fused-ring (bicyclic) bond motifs is 1. The minimum absolute atomic E-state index is 0.0190. The highest BCUT2D eigenvalue weighted by molar-refractivity contribution is 5.79. The average Bonchev–Trinajstić information content (AvgIpc) is 3.38. The molecule has 0 aliphatic heterocycles. The number of hydrogen-bond donors (Lipinski definition) is 1. The Bertz CT molecular complexity index is 967. The molecule has 0 amide bonds. The summed E-state index contributed by atoms with van der Waals surface area (Å²) in [6.07, 6.45) is 2.47. The zero-order valence-corrected chi connectivity index (χ0v) is 18.1. The van der Waals surface area contributed by atoms with E-state index >= 15 is 0 Å². The highest BCUT2D eigenvalue weighted by Gasteiger charge is 2.41. The number of aromatic nitrogens is 3. The van der Waals surface area contributed by atoms with Crippen molar-refractivity contribution in [3.63, 3.8) is 0 Å². The molecule has 2 saturated carbocycles. The number of rotatable bonds is 9. The standard InChI is InChI=1S/C23H30F3N3O2/c1-22(2,31)13-16(30)8-3-4-9-19-27-18-12-17(14-10-11-14)20(23(24,25)26)28-21(18)29(19)15-6-5-7-15/h12,14-15,31H,3-11,13H2,1-2H3. The Morgan fingerprint density at radius 3 is 2.42 bits per heavy atom. The minimum atomic E-state index is -4.47.